The molecule has 0 aliphatic carbocycles. The van der Waals surface area contributed by atoms with Crippen LogP contribution in [0.3, 0.4) is 0 Å². The Hall–Kier alpha value is -2.83. The van der Waals surface area contributed by atoms with Gasteiger partial charge in [-0.3, -0.25) is 14.6 Å². The van der Waals surface area contributed by atoms with Crippen molar-refractivity contribution in [2.75, 3.05) is 30.4 Å². The van der Waals surface area contributed by atoms with E-state index >= 15 is 0 Å². The number of hydrogen-bond acceptors (Lipinski definition) is 5. The fourth-order valence-electron chi connectivity index (χ4n) is 4.57. The minimum Gasteiger partial charge on any atom is -0.496 e. The fourth-order valence-corrected chi connectivity index (χ4v) is 4.57. The van der Waals surface area contributed by atoms with Gasteiger partial charge in [-0.25, -0.2) is 0 Å². The predicted octanol–water partition coefficient (Wildman–Crippen LogP) is 2.73. The Morgan fingerprint density at radius 3 is 2.57 bits per heavy atom. The lowest BCUT2D eigenvalue weighted by Gasteiger charge is -2.36. The van der Waals surface area contributed by atoms with Gasteiger partial charge in [-0.1, -0.05) is 32.0 Å². The number of carbonyl (C=O) groups excluding carboxylic acids is 1. The Morgan fingerprint density at radius 1 is 1.14 bits per heavy atom. The largest absolute Gasteiger partial charge is 0.496 e. The summed E-state index contributed by atoms with van der Waals surface area (Å²) in [6.45, 7) is 6.10. The SMILES string of the molecule is COc1ccccc1C1CC(=O)Nc2nc(N3CC(C)CC(C)C3)[nH]c(=O)c21. The maximum Gasteiger partial charge on any atom is 0.258 e. The van der Waals surface area contributed by atoms with Crippen LogP contribution in [0.5, 0.6) is 5.75 Å². The number of rotatable bonds is 3. The molecule has 1 saturated heterocycles. The monoisotopic (exact) mass is 382 g/mol. The van der Waals surface area contributed by atoms with E-state index in [0.29, 0.717) is 34.9 Å². The summed E-state index contributed by atoms with van der Waals surface area (Å²) in [6, 6.07) is 7.49. The first-order valence-corrected chi connectivity index (χ1v) is 9.78. The van der Waals surface area contributed by atoms with Crippen LogP contribution in [0.15, 0.2) is 29.1 Å². The van der Waals surface area contributed by atoms with E-state index < -0.39 is 0 Å². The molecule has 0 radical (unpaired) electrons. The molecule has 1 fully saturated rings. The number of nitrogens with one attached hydrogen (secondary N) is 2. The molecule has 1 aromatic heterocycles. The second-order valence-corrected chi connectivity index (χ2v) is 8.05. The number of methoxy groups -OCH3 is 1. The van der Waals surface area contributed by atoms with Gasteiger partial charge >= 0.3 is 0 Å². The summed E-state index contributed by atoms with van der Waals surface area (Å²) in [4.78, 5) is 35.2. The van der Waals surface area contributed by atoms with Crippen LogP contribution < -0.4 is 20.5 Å². The number of anilines is 2. The van der Waals surface area contributed by atoms with Crippen LogP contribution in [0.4, 0.5) is 11.8 Å². The number of ether oxygens (including phenoxy) is 1. The first-order valence-electron chi connectivity index (χ1n) is 9.78. The van der Waals surface area contributed by atoms with E-state index in [1.54, 1.807) is 7.11 Å². The molecule has 0 bridgehead atoms. The molecule has 1 aromatic carbocycles. The normalized spacial score (nSPS) is 24.5. The smallest absolute Gasteiger partial charge is 0.258 e. The van der Waals surface area contributed by atoms with Crippen LogP contribution in [0, 0.1) is 11.8 Å². The Labute approximate surface area is 164 Å². The maximum atomic E-state index is 13.1. The van der Waals surface area contributed by atoms with Crippen molar-refractivity contribution in [1.82, 2.24) is 9.97 Å². The van der Waals surface area contributed by atoms with Gasteiger partial charge < -0.3 is 15.0 Å². The lowest BCUT2D eigenvalue weighted by molar-refractivity contribution is -0.116. The van der Waals surface area contributed by atoms with Gasteiger partial charge in [0.05, 0.1) is 12.7 Å². The molecule has 0 saturated carbocycles. The summed E-state index contributed by atoms with van der Waals surface area (Å²) < 4.78 is 5.46. The van der Waals surface area contributed by atoms with Gasteiger partial charge in [0, 0.05) is 31.0 Å². The fraction of sp³-hybridized carbons (Fsp3) is 0.476. The zero-order valence-corrected chi connectivity index (χ0v) is 16.5. The predicted molar refractivity (Wildman–Crippen MR) is 108 cm³/mol. The first kappa shape index (κ1) is 18.5. The second-order valence-electron chi connectivity index (χ2n) is 8.05. The van der Waals surface area contributed by atoms with Crippen molar-refractivity contribution in [3.8, 4) is 5.75 Å². The average molecular weight is 382 g/mol. The molecule has 2 N–H and O–H groups in total. The van der Waals surface area contributed by atoms with Gasteiger partial charge in [0.1, 0.15) is 11.6 Å². The lowest BCUT2D eigenvalue weighted by atomic mass is 9.86. The van der Waals surface area contributed by atoms with Gasteiger partial charge in [-0.05, 0) is 24.3 Å². The highest BCUT2D eigenvalue weighted by molar-refractivity contribution is 5.94. The van der Waals surface area contributed by atoms with E-state index in [2.05, 4.69) is 34.0 Å². The zero-order valence-electron chi connectivity index (χ0n) is 16.5. The molecular weight excluding hydrogens is 356 g/mol. The van der Waals surface area contributed by atoms with Crippen LogP contribution in [0.2, 0.25) is 0 Å². The van der Waals surface area contributed by atoms with Crippen LogP contribution in [-0.4, -0.2) is 36.1 Å². The lowest BCUT2D eigenvalue weighted by Crippen LogP contribution is -2.41. The second kappa shape index (κ2) is 7.30. The molecule has 1 amide bonds. The first-order chi connectivity index (χ1) is 13.5. The summed E-state index contributed by atoms with van der Waals surface area (Å²) in [5.74, 6) is 2.08. The third kappa shape index (κ3) is 3.37. The number of fused-ring (bicyclic) bond motifs is 1. The molecular formula is C21H26N4O3. The highest BCUT2D eigenvalue weighted by Gasteiger charge is 2.33. The molecule has 2 aliphatic heterocycles. The van der Waals surface area contributed by atoms with E-state index in [1.807, 2.05) is 24.3 Å². The van der Waals surface area contributed by atoms with Crippen molar-refractivity contribution < 1.29 is 9.53 Å². The average Bonchev–Trinajstić information content (AvgIpc) is 2.66. The molecule has 28 heavy (non-hydrogen) atoms. The van der Waals surface area contributed by atoms with Crippen LogP contribution >= 0.6 is 0 Å². The number of amides is 1. The van der Waals surface area contributed by atoms with E-state index in [1.165, 1.54) is 0 Å². The molecule has 7 heteroatoms. The third-order valence-electron chi connectivity index (χ3n) is 5.62. The number of para-hydroxylation sites is 1. The summed E-state index contributed by atoms with van der Waals surface area (Å²) in [5.41, 5.74) is 1.11. The van der Waals surface area contributed by atoms with Crippen LogP contribution in [0.1, 0.15) is 43.7 Å². The maximum absolute atomic E-state index is 13.1. The number of nitrogens with zero attached hydrogens (tertiary/aromatic N) is 2. The van der Waals surface area contributed by atoms with Gasteiger partial charge in [-0.15, -0.1) is 0 Å². The molecule has 2 aromatic rings. The van der Waals surface area contributed by atoms with Crippen molar-refractivity contribution in [3.63, 3.8) is 0 Å². The van der Waals surface area contributed by atoms with Crippen LogP contribution in [0.25, 0.3) is 0 Å². The van der Waals surface area contributed by atoms with Crippen molar-refractivity contribution in [2.45, 2.75) is 32.6 Å². The van der Waals surface area contributed by atoms with E-state index in [-0.39, 0.29) is 23.8 Å². The molecule has 3 unspecified atom stereocenters. The van der Waals surface area contributed by atoms with Gasteiger partial charge in [-0.2, -0.15) is 4.98 Å². The number of aromatic amines is 1. The molecule has 7 nitrogen and oxygen atoms in total. The molecule has 2 aliphatic rings. The quantitative estimate of drug-likeness (QED) is 0.852. The number of carbonyl (C=O) groups is 1. The summed E-state index contributed by atoms with van der Waals surface area (Å²) in [6.07, 6.45) is 1.35. The van der Waals surface area contributed by atoms with Gasteiger partial charge in [0.2, 0.25) is 11.9 Å². The highest BCUT2D eigenvalue weighted by Crippen LogP contribution is 2.38. The molecule has 0 spiro atoms. The zero-order chi connectivity index (χ0) is 19.8. The minimum atomic E-state index is -0.385. The third-order valence-corrected chi connectivity index (χ3v) is 5.62. The number of benzene rings is 1. The van der Waals surface area contributed by atoms with Crippen LogP contribution in [-0.2, 0) is 4.79 Å². The molecule has 148 valence electrons. The Bertz CT molecular complexity index is 945. The van der Waals surface area contributed by atoms with Gasteiger partial charge in [0.15, 0.2) is 0 Å². The summed E-state index contributed by atoms with van der Waals surface area (Å²) in [5, 5.41) is 2.80. The molecule has 3 atom stereocenters. The van der Waals surface area contributed by atoms with Gasteiger partial charge in [0.25, 0.3) is 5.56 Å². The van der Waals surface area contributed by atoms with E-state index in [9.17, 15) is 9.59 Å². The number of aromatic nitrogens is 2. The number of H-pyrrole nitrogens is 1. The Balaban J connectivity index is 1.78. The Morgan fingerprint density at radius 2 is 1.86 bits per heavy atom. The van der Waals surface area contributed by atoms with Crippen molar-refractivity contribution >= 4 is 17.7 Å². The minimum absolute atomic E-state index is 0.146. The van der Waals surface area contributed by atoms with Crippen molar-refractivity contribution in [3.05, 3.63) is 45.7 Å². The van der Waals surface area contributed by atoms with Crippen molar-refractivity contribution in [2.24, 2.45) is 11.8 Å². The summed E-state index contributed by atoms with van der Waals surface area (Å²) in [7, 11) is 1.59. The molecule has 4 rings (SSSR count). The van der Waals surface area contributed by atoms with E-state index in [4.69, 9.17) is 4.74 Å². The summed E-state index contributed by atoms with van der Waals surface area (Å²) >= 11 is 0. The number of hydrogen-bond donors (Lipinski definition) is 2. The van der Waals surface area contributed by atoms with E-state index in [0.717, 1.165) is 25.1 Å². The number of piperidine rings is 1. The standard InChI is InChI=1S/C21H26N4O3/c1-12-8-13(2)11-25(10-12)21-23-19-18(20(27)24-21)15(9-17(26)22-19)14-6-4-5-7-16(14)28-3/h4-7,12-13,15H,8-11H2,1-3H3,(H2,22,23,24,26,27). The highest BCUT2D eigenvalue weighted by atomic mass is 16.5. The molecule has 3 heterocycles. The van der Waals surface area contributed by atoms with Crippen molar-refractivity contribution in [1.29, 1.82) is 0 Å². The Kier molecular flexibility index (Phi) is 4.83. The topological polar surface area (TPSA) is 87.3 Å².